The molecule has 3 aromatic rings. The van der Waals surface area contributed by atoms with E-state index >= 15 is 0 Å². The van der Waals surface area contributed by atoms with Crippen LogP contribution in [0.5, 0.6) is 0 Å². The van der Waals surface area contributed by atoms with Gasteiger partial charge < -0.3 is 9.73 Å². The largest absolute Gasteiger partial charge is 0.469 e. The van der Waals surface area contributed by atoms with Gasteiger partial charge in [-0.3, -0.25) is 4.79 Å². The van der Waals surface area contributed by atoms with Gasteiger partial charge >= 0.3 is 0 Å². The molecule has 142 valence electrons. The molecule has 28 heavy (non-hydrogen) atoms. The van der Waals surface area contributed by atoms with Crippen molar-refractivity contribution in [3.05, 3.63) is 77.2 Å². The first kappa shape index (κ1) is 16.9. The average Bonchev–Trinajstić information content (AvgIpc) is 3.27. The normalized spacial score (nSPS) is 23.6. The number of nitrogens with one attached hydrogen (secondary N) is 1. The topological polar surface area (TPSA) is 73.0 Å². The first-order chi connectivity index (χ1) is 13.5. The average molecular weight is 382 g/mol. The predicted molar refractivity (Wildman–Crippen MR) is 95.5 cm³/mol. The number of aryl methyl sites for hydroxylation is 1. The highest BCUT2D eigenvalue weighted by molar-refractivity contribution is 5.88. The van der Waals surface area contributed by atoms with Gasteiger partial charge in [0.15, 0.2) is 0 Å². The van der Waals surface area contributed by atoms with Gasteiger partial charge in [-0.1, -0.05) is 6.08 Å². The van der Waals surface area contributed by atoms with Crippen LogP contribution in [0.4, 0.5) is 14.7 Å². The lowest BCUT2D eigenvalue weighted by molar-refractivity contribution is -0.123. The van der Waals surface area contributed by atoms with Crippen molar-refractivity contribution in [2.24, 2.45) is 5.92 Å². The molecule has 6 nitrogen and oxygen atoms in total. The predicted octanol–water partition coefficient (Wildman–Crippen LogP) is 3.73. The Kier molecular flexibility index (Phi) is 3.68. The number of fused-ring (bicyclic) bond motifs is 2. The van der Waals surface area contributed by atoms with E-state index in [2.05, 4.69) is 15.4 Å². The zero-order valence-electron chi connectivity index (χ0n) is 14.9. The number of hydrogen-bond acceptors (Lipinski definition) is 5. The van der Waals surface area contributed by atoms with Crippen LogP contribution in [0.1, 0.15) is 35.5 Å². The van der Waals surface area contributed by atoms with E-state index in [1.165, 1.54) is 16.8 Å². The van der Waals surface area contributed by atoms with Gasteiger partial charge in [0.2, 0.25) is 5.95 Å². The Bertz CT molecular complexity index is 1080. The van der Waals surface area contributed by atoms with E-state index in [0.29, 0.717) is 28.8 Å². The lowest BCUT2D eigenvalue weighted by atomic mass is 9.77. The summed E-state index contributed by atoms with van der Waals surface area (Å²) in [6.45, 7) is 1.72. The Morgan fingerprint density at radius 3 is 2.75 bits per heavy atom. The summed E-state index contributed by atoms with van der Waals surface area (Å²) in [6.07, 6.45) is 3.73. The van der Waals surface area contributed by atoms with Crippen LogP contribution >= 0.6 is 0 Å². The Balaban J connectivity index is 1.67. The minimum Gasteiger partial charge on any atom is -0.469 e. The summed E-state index contributed by atoms with van der Waals surface area (Å²) in [5.74, 6) is -0.676. The molecular formula is C20H16F2N4O2. The molecule has 0 unspecified atom stereocenters. The van der Waals surface area contributed by atoms with Crippen molar-refractivity contribution >= 4 is 11.7 Å². The van der Waals surface area contributed by atoms with Gasteiger partial charge in [-0.2, -0.15) is 10.1 Å². The maximum Gasteiger partial charge on any atom is 0.226 e. The molecule has 1 N–H and O–H groups in total. The highest BCUT2D eigenvalue weighted by atomic mass is 19.1. The summed E-state index contributed by atoms with van der Waals surface area (Å²) in [7, 11) is 0. The quantitative estimate of drug-likeness (QED) is 0.731. The van der Waals surface area contributed by atoms with Crippen LogP contribution in [-0.2, 0) is 4.79 Å². The van der Waals surface area contributed by atoms with Crippen molar-refractivity contribution in [1.82, 2.24) is 14.8 Å². The number of rotatable bonds is 2. The van der Waals surface area contributed by atoms with Gasteiger partial charge in [0, 0.05) is 24.1 Å². The van der Waals surface area contributed by atoms with E-state index < -0.39 is 23.6 Å². The Labute approximate surface area is 158 Å². The van der Waals surface area contributed by atoms with Crippen LogP contribution < -0.4 is 5.32 Å². The molecule has 0 saturated carbocycles. The molecule has 2 aromatic heterocycles. The fourth-order valence-electron chi connectivity index (χ4n) is 4.11. The summed E-state index contributed by atoms with van der Waals surface area (Å²) in [5.41, 5.74) is 0.984. The van der Waals surface area contributed by atoms with Gasteiger partial charge in [-0.25, -0.2) is 13.5 Å². The van der Waals surface area contributed by atoms with Crippen LogP contribution in [-0.4, -0.2) is 20.5 Å². The van der Waals surface area contributed by atoms with E-state index in [1.807, 2.05) is 12.1 Å². The van der Waals surface area contributed by atoms with Gasteiger partial charge in [0.1, 0.15) is 29.0 Å². The molecule has 5 rings (SSSR count). The summed E-state index contributed by atoms with van der Waals surface area (Å²) in [6, 6.07) is 6.21. The summed E-state index contributed by atoms with van der Waals surface area (Å²) in [5, 5.41) is 7.53. The number of furan rings is 1. The zero-order valence-corrected chi connectivity index (χ0v) is 14.9. The number of nitrogens with zero attached hydrogens (tertiary/aromatic N) is 3. The van der Waals surface area contributed by atoms with Crippen molar-refractivity contribution in [3.63, 3.8) is 0 Å². The molecule has 3 atom stereocenters. The molecule has 3 heterocycles. The smallest absolute Gasteiger partial charge is 0.226 e. The number of anilines is 1. The maximum absolute atomic E-state index is 13.9. The van der Waals surface area contributed by atoms with Gasteiger partial charge in [-0.15, -0.1) is 0 Å². The molecule has 1 aliphatic heterocycles. The van der Waals surface area contributed by atoms with Crippen LogP contribution in [0.15, 0.2) is 52.8 Å². The molecule has 0 fully saturated rings. The van der Waals surface area contributed by atoms with E-state index in [4.69, 9.17) is 4.42 Å². The lowest BCUT2D eigenvalue weighted by Gasteiger charge is -2.37. The summed E-state index contributed by atoms with van der Waals surface area (Å²) < 4.78 is 34.8. The van der Waals surface area contributed by atoms with E-state index in [0.717, 1.165) is 6.07 Å². The first-order valence-electron chi connectivity index (χ1n) is 8.93. The number of ketones is 1. The highest BCUT2D eigenvalue weighted by Crippen LogP contribution is 2.44. The summed E-state index contributed by atoms with van der Waals surface area (Å²) >= 11 is 0. The van der Waals surface area contributed by atoms with Gasteiger partial charge in [-0.05, 0) is 36.8 Å². The standard InChI is InChI=1S/C20H16F2N4O2/c1-10-23-20-24-15-7-11(17-3-2-4-28-17)8-16(27)18(15)19(26(20)25-10)12-5-13(21)9-14(22)6-12/h2-7,9,11,18-19H,8H2,1H3,(H,23,24,25)/t11-,18-,19-/m1/s1. The molecule has 0 amide bonds. The fourth-order valence-corrected chi connectivity index (χ4v) is 4.11. The van der Waals surface area contributed by atoms with Crippen LogP contribution in [0.2, 0.25) is 0 Å². The Morgan fingerprint density at radius 1 is 1.25 bits per heavy atom. The highest BCUT2D eigenvalue weighted by Gasteiger charge is 2.44. The van der Waals surface area contributed by atoms with Crippen molar-refractivity contribution in [2.75, 3.05) is 5.32 Å². The molecule has 1 aliphatic carbocycles. The number of benzene rings is 1. The van der Waals surface area contributed by atoms with E-state index in [-0.39, 0.29) is 18.1 Å². The molecule has 0 radical (unpaired) electrons. The molecule has 0 spiro atoms. The molecule has 0 bridgehead atoms. The SMILES string of the molecule is Cc1nc2n(n1)[C@H](c1cc(F)cc(F)c1)[C@H]1C(=O)C[C@H](c3ccco3)C=C1N2. The minimum absolute atomic E-state index is 0.0557. The fraction of sp³-hybridized carbons (Fsp3) is 0.250. The first-order valence-corrected chi connectivity index (χ1v) is 8.93. The lowest BCUT2D eigenvalue weighted by Crippen LogP contribution is -2.40. The van der Waals surface area contributed by atoms with Gasteiger partial charge in [0.25, 0.3) is 0 Å². The molecule has 1 aromatic carbocycles. The molecule has 8 heteroatoms. The summed E-state index contributed by atoms with van der Waals surface area (Å²) in [4.78, 5) is 17.5. The maximum atomic E-state index is 13.9. The number of allylic oxidation sites excluding steroid dienone is 2. The number of hydrogen-bond donors (Lipinski definition) is 1. The minimum atomic E-state index is -0.700. The van der Waals surface area contributed by atoms with E-state index in [9.17, 15) is 13.6 Å². The van der Waals surface area contributed by atoms with Crippen molar-refractivity contribution in [2.45, 2.75) is 25.3 Å². The Hall–Kier alpha value is -3.29. The second-order valence-electron chi connectivity index (χ2n) is 7.09. The number of Topliss-reactive ketones (excluding diaryl/α,β-unsaturated/α-hetero) is 1. The van der Waals surface area contributed by atoms with Gasteiger partial charge in [0.05, 0.1) is 18.2 Å². The third-order valence-corrected chi connectivity index (χ3v) is 5.19. The number of carbonyl (C=O) groups excluding carboxylic acids is 1. The third kappa shape index (κ3) is 2.64. The molecule has 0 saturated heterocycles. The van der Waals surface area contributed by atoms with E-state index in [1.54, 1.807) is 19.3 Å². The molecular weight excluding hydrogens is 366 g/mol. The van der Waals surface area contributed by atoms with Crippen LogP contribution in [0.25, 0.3) is 0 Å². The number of halogens is 2. The van der Waals surface area contributed by atoms with Crippen molar-refractivity contribution in [3.8, 4) is 0 Å². The Morgan fingerprint density at radius 2 is 2.04 bits per heavy atom. The van der Waals surface area contributed by atoms with Crippen LogP contribution in [0.3, 0.4) is 0 Å². The zero-order chi connectivity index (χ0) is 19.4. The monoisotopic (exact) mass is 382 g/mol. The molecule has 2 aliphatic rings. The van der Waals surface area contributed by atoms with Crippen LogP contribution in [0, 0.1) is 24.5 Å². The van der Waals surface area contributed by atoms with Crippen molar-refractivity contribution < 1.29 is 18.0 Å². The number of carbonyl (C=O) groups is 1. The third-order valence-electron chi connectivity index (χ3n) is 5.19. The second-order valence-corrected chi connectivity index (χ2v) is 7.09. The van der Waals surface area contributed by atoms with Crippen molar-refractivity contribution in [1.29, 1.82) is 0 Å². The second kappa shape index (κ2) is 6.12. The number of aromatic nitrogens is 3.